The van der Waals surface area contributed by atoms with E-state index in [-0.39, 0.29) is 12.3 Å². The number of carbonyl (C=O) groups excluding carboxylic acids is 1. The molecule has 20 heavy (non-hydrogen) atoms. The first-order valence-corrected chi connectivity index (χ1v) is 6.95. The molecule has 0 aromatic rings. The first kappa shape index (κ1) is 16.8. The predicted molar refractivity (Wildman–Crippen MR) is 75.6 cm³/mol. The smallest absolute Gasteiger partial charge is 0.408 e. The molecule has 0 radical (unpaired) electrons. The molecule has 6 nitrogen and oxygen atoms in total. The average Bonchev–Trinajstić information content (AvgIpc) is 2.20. The van der Waals surface area contributed by atoms with E-state index in [1.807, 2.05) is 14.0 Å². The second-order valence-electron chi connectivity index (χ2n) is 6.77. The molecule has 0 aromatic carbocycles. The molecular formula is C14H26N2O4. The number of nitrogens with zero attached hydrogens (tertiary/aromatic N) is 1. The standard InChI is InChI=1S/C14H26N2O4/c1-10-9-16(5)7-6-14(10,8-11(17)18)15-12(19)20-13(2,3)4/h10H,6-9H2,1-5H3,(H,15,19)(H,17,18). The van der Waals surface area contributed by atoms with Crippen LogP contribution in [0.1, 0.15) is 40.5 Å². The Hall–Kier alpha value is -1.30. The summed E-state index contributed by atoms with van der Waals surface area (Å²) in [6.45, 7) is 8.84. The first-order chi connectivity index (χ1) is 9.04. The summed E-state index contributed by atoms with van der Waals surface area (Å²) in [6, 6.07) is 0. The second-order valence-corrected chi connectivity index (χ2v) is 6.77. The highest BCUT2D eigenvalue weighted by Gasteiger charge is 2.43. The minimum atomic E-state index is -0.905. The fourth-order valence-corrected chi connectivity index (χ4v) is 2.64. The van der Waals surface area contributed by atoms with Crippen molar-refractivity contribution in [1.29, 1.82) is 0 Å². The number of amides is 1. The summed E-state index contributed by atoms with van der Waals surface area (Å²) in [5.74, 6) is -0.859. The number of aliphatic carboxylic acids is 1. The first-order valence-electron chi connectivity index (χ1n) is 6.95. The van der Waals surface area contributed by atoms with Crippen molar-refractivity contribution >= 4 is 12.1 Å². The van der Waals surface area contributed by atoms with E-state index in [0.29, 0.717) is 6.42 Å². The van der Waals surface area contributed by atoms with Gasteiger partial charge in [-0.25, -0.2) is 4.79 Å². The molecule has 2 N–H and O–H groups in total. The van der Waals surface area contributed by atoms with Gasteiger partial charge in [0, 0.05) is 13.1 Å². The number of nitrogens with one attached hydrogen (secondary N) is 1. The molecular weight excluding hydrogens is 260 g/mol. The van der Waals surface area contributed by atoms with Gasteiger partial charge in [0.15, 0.2) is 0 Å². The van der Waals surface area contributed by atoms with Crippen LogP contribution in [0.25, 0.3) is 0 Å². The number of piperidine rings is 1. The zero-order valence-corrected chi connectivity index (χ0v) is 13.0. The van der Waals surface area contributed by atoms with Crippen LogP contribution in [-0.4, -0.2) is 53.3 Å². The summed E-state index contributed by atoms with van der Waals surface area (Å²) >= 11 is 0. The Bertz CT molecular complexity index is 378. The van der Waals surface area contributed by atoms with Gasteiger partial charge in [-0.2, -0.15) is 0 Å². The molecule has 1 fully saturated rings. The molecule has 0 aliphatic carbocycles. The van der Waals surface area contributed by atoms with Crippen molar-refractivity contribution in [2.45, 2.75) is 51.7 Å². The highest BCUT2D eigenvalue weighted by Crippen LogP contribution is 2.31. The number of rotatable bonds is 3. The lowest BCUT2D eigenvalue weighted by Crippen LogP contribution is -2.61. The summed E-state index contributed by atoms with van der Waals surface area (Å²) in [7, 11) is 1.99. The number of ether oxygens (including phenoxy) is 1. The zero-order valence-electron chi connectivity index (χ0n) is 13.0. The molecule has 0 saturated carbocycles. The van der Waals surface area contributed by atoms with Crippen molar-refractivity contribution in [3.63, 3.8) is 0 Å². The van der Waals surface area contributed by atoms with Gasteiger partial charge in [0.2, 0.25) is 0 Å². The second kappa shape index (κ2) is 5.99. The minimum absolute atomic E-state index is 0.0462. The van der Waals surface area contributed by atoms with Gasteiger partial charge in [0.1, 0.15) is 5.60 Å². The Kier molecular flexibility index (Phi) is 5.02. The van der Waals surface area contributed by atoms with Crippen LogP contribution in [0.5, 0.6) is 0 Å². The molecule has 1 saturated heterocycles. The number of carboxylic acids is 1. The molecule has 2 unspecified atom stereocenters. The molecule has 1 aliphatic rings. The Morgan fingerprint density at radius 3 is 2.50 bits per heavy atom. The quantitative estimate of drug-likeness (QED) is 0.825. The number of hydrogen-bond donors (Lipinski definition) is 2. The van der Waals surface area contributed by atoms with E-state index in [1.54, 1.807) is 20.8 Å². The summed E-state index contributed by atoms with van der Waals surface area (Å²) in [4.78, 5) is 25.3. The highest BCUT2D eigenvalue weighted by molar-refractivity contribution is 5.73. The minimum Gasteiger partial charge on any atom is -0.481 e. The molecule has 116 valence electrons. The van der Waals surface area contributed by atoms with Crippen LogP contribution >= 0.6 is 0 Å². The lowest BCUT2D eigenvalue weighted by Gasteiger charge is -2.45. The molecule has 0 spiro atoms. The number of alkyl carbamates (subject to hydrolysis) is 1. The number of carbonyl (C=O) groups is 2. The monoisotopic (exact) mass is 286 g/mol. The van der Waals surface area contributed by atoms with Crippen molar-refractivity contribution in [2.24, 2.45) is 5.92 Å². The maximum Gasteiger partial charge on any atom is 0.408 e. The van der Waals surface area contributed by atoms with Crippen LogP contribution in [0.3, 0.4) is 0 Å². The molecule has 2 atom stereocenters. The van der Waals surface area contributed by atoms with Crippen LogP contribution in [-0.2, 0) is 9.53 Å². The molecule has 1 amide bonds. The van der Waals surface area contributed by atoms with E-state index in [4.69, 9.17) is 9.84 Å². The maximum absolute atomic E-state index is 12.0. The fourth-order valence-electron chi connectivity index (χ4n) is 2.64. The molecule has 1 rings (SSSR count). The number of likely N-dealkylation sites (tertiary alicyclic amines) is 1. The Morgan fingerprint density at radius 1 is 1.45 bits per heavy atom. The van der Waals surface area contributed by atoms with Gasteiger partial charge in [-0.1, -0.05) is 6.92 Å². The molecule has 0 aromatic heterocycles. The highest BCUT2D eigenvalue weighted by atomic mass is 16.6. The van der Waals surface area contributed by atoms with Crippen LogP contribution in [0, 0.1) is 5.92 Å². The maximum atomic E-state index is 12.0. The van der Waals surface area contributed by atoms with E-state index in [0.717, 1.165) is 13.1 Å². The van der Waals surface area contributed by atoms with E-state index in [2.05, 4.69) is 10.2 Å². The summed E-state index contributed by atoms with van der Waals surface area (Å²) in [5.41, 5.74) is -1.33. The van der Waals surface area contributed by atoms with Gasteiger partial charge in [-0.05, 0) is 40.2 Å². The number of hydrogen-bond acceptors (Lipinski definition) is 4. The van der Waals surface area contributed by atoms with Crippen molar-refractivity contribution < 1.29 is 19.4 Å². The Labute approximate surface area is 120 Å². The zero-order chi connectivity index (χ0) is 15.6. The van der Waals surface area contributed by atoms with Crippen LogP contribution in [0.4, 0.5) is 4.79 Å². The Morgan fingerprint density at radius 2 is 2.05 bits per heavy atom. The van der Waals surface area contributed by atoms with Gasteiger partial charge in [0.25, 0.3) is 0 Å². The van der Waals surface area contributed by atoms with Crippen LogP contribution < -0.4 is 5.32 Å². The Balaban J connectivity index is 2.84. The lowest BCUT2D eigenvalue weighted by molar-refractivity contribution is -0.140. The summed E-state index contributed by atoms with van der Waals surface area (Å²) in [5, 5.41) is 12.0. The van der Waals surface area contributed by atoms with Gasteiger partial charge in [-0.15, -0.1) is 0 Å². The van der Waals surface area contributed by atoms with Crippen molar-refractivity contribution in [3.05, 3.63) is 0 Å². The SMILES string of the molecule is CC1CN(C)CCC1(CC(=O)O)NC(=O)OC(C)(C)C. The van der Waals surface area contributed by atoms with E-state index in [9.17, 15) is 9.59 Å². The van der Waals surface area contributed by atoms with E-state index in [1.165, 1.54) is 0 Å². The van der Waals surface area contributed by atoms with E-state index < -0.39 is 23.2 Å². The third-order valence-corrected chi connectivity index (χ3v) is 3.69. The normalized spacial score (nSPS) is 27.9. The molecule has 6 heteroatoms. The topological polar surface area (TPSA) is 78.9 Å². The largest absolute Gasteiger partial charge is 0.481 e. The fraction of sp³-hybridized carbons (Fsp3) is 0.857. The van der Waals surface area contributed by atoms with Crippen LogP contribution in [0.2, 0.25) is 0 Å². The van der Waals surface area contributed by atoms with Crippen molar-refractivity contribution in [2.75, 3.05) is 20.1 Å². The predicted octanol–water partition coefficient (Wildman–Crippen LogP) is 1.70. The van der Waals surface area contributed by atoms with Crippen LogP contribution in [0.15, 0.2) is 0 Å². The third kappa shape index (κ3) is 4.67. The molecule has 1 heterocycles. The summed E-state index contributed by atoms with van der Waals surface area (Å²) < 4.78 is 5.27. The van der Waals surface area contributed by atoms with E-state index >= 15 is 0 Å². The van der Waals surface area contributed by atoms with Crippen molar-refractivity contribution in [1.82, 2.24) is 10.2 Å². The number of carboxylic acid groups (broad SMARTS) is 1. The van der Waals surface area contributed by atoms with Crippen molar-refractivity contribution in [3.8, 4) is 0 Å². The van der Waals surface area contributed by atoms with Gasteiger partial charge < -0.3 is 20.1 Å². The molecule has 0 bridgehead atoms. The van der Waals surface area contributed by atoms with Gasteiger partial charge in [-0.3, -0.25) is 4.79 Å². The van der Waals surface area contributed by atoms with Gasteiger partial charge >= 0.3 is 12.1 Å². The summed E-state index contributed by atoms with van der Waals surface area (Å²) in [6.07, 6.45) is -0.0209. The van der Waals surface area contributed by atoms with Gasteiger partial charge in [0.05, 0.1) is 12.0 Å². The lowest BCUT2D eigenvalue weighted by atomic mass is 9.76. The average molecular weight is 286 g/mol. The third-order valence-electron chi connectivity index (χ3n) is 3.69. The molecule has 1 aliphatic heterocycles.